The standard InChI is InChI=1S/C16H30N4/c1-13(12-20-10-5-6-11-20)17-9-7-8-16-14(2)18-19(4)15(16)3/h13,17H,5-12H2,1-4H3. The van der Waals surface area contributed by atoms with Crippen LogP contribution in [0.2, 0.25) is 0 Å². The van der Waals surface area contributed by atoms with Crippen molar-refractivity contribution < 1.29 is 0 Å². The molecule has 0 radical (unpaired) electrons. The summed E-state index contributed by atoms with van der Waals surface area (Å²) in [5.74, 6) is 0. The lowest BCUT2D eigenvalue weighted by molar-refractivity contribution is 0.299. The van der Waals surface area contributed by atoms with Gasteiger partial charge in [-0.25, -0.2) is 0 Å². The second kappa shape index (κ2) is 7.23. The lowest BCUT2D eigenvalue weighted by Gasteiger charge is -2.21. The molecule has 1 unspecified atom stereocenters. The molecule has 2 rings (SSSR count). The highest BCUT2D eigenvalue weighted by Crippen LogP contribution is 2.13. The fourth-order valence-electron chi connectivity index (χ4n) is 3.21. The molecule has 1 fully saturated rings. The molecule has 1 aromatic heterocycles. The molecule has 1 saturated heterocycles. The molecule has 0 aromatic carbocycles. The number of likely N-dealkylation sites (tertiary alicyclic amines) is 1. The summed E-state index contributed by atoms with van der Waals surface area (Å²) in [7, 11) is 2.03. The van der Waals surface area contributed by atoms with E-state index in [1.807, 2.05) is 11.7 Å². The average Bonchev–Trinajstić information content (AvgIpc) is 2.97. The van der Waals surface area contributed by atoms with Crippen LogP contribution >= 0.6 is 0 Å². The highest BCUT2D eigenvalue weighted by atomic mass is 15.3. The summed E-state index contributed by atoms with van der Waals surface area (Å²) >= 11 is 0. The molecule has 2 heterocycles. The lowest BCUT2D eigenvalue weighted by atomic mass is 10.1. The van der Waals surface area contributed by atoms with Crippen LogP contribution in [0.5, 0.6) is 0 Å². The highest BCUT2D eigenvalue weighted by Gasteiger charge is 2.14. The van der Waals surface area contributed by atoms with Gasteiger partial charge in [0.25, 0.3) is 0 Å². The molecule has 0 saturated carbocycles. The van der Waals surface area contributed by atoms with Crippen molar-refractivity contribution in [3.05, 3.63) is 17.0 Å². The zero-order valence-electron chi connectivity index (χ0n) is 13.6. The summed E-state index contributed by atoms with van der Waals surface area (Å²) in [5.41, 5.74) is 3.93. The van der Waals surface area contributed by atoms with E-state index >= 15 is 0 Å². The van der Waals surface area contributed by atoms with E-state index in [2.05, 4.69) is 36.1 Å². The van der Waals surface area contributed by atoms with Gasteiger partial charge < -0.3 is 10.2 Å². The Morgan fingerprint density at radius 1 is 1.25 bits per heavy atom. The second-order valence-corrected chi connectivity index (χ2v) is 6.24. The van der Waals surface area contributed by atoms with E-state index in [-0.39, 0.29) is 0 Å². The number of hydrogen-bond donors (Lipinski definition) is 1. The molecule has 1 aromatic rings. The quantitative estimate of drug-likeness (QED) is 0.775. The van der Waals surface area contributed by atoms with Crippen molar-refractivity contribution in [2.75, 3.05) is 26.2 Å². The van der Waals surface area contributed by atoms with E-state index in [0.29, 0.717) is 6.04 Å². The summed E-state index contributed by atoms with van der Waals surface area (Å²) in [6.07, 6.45) is 5.09. The summed E-state index contributed by atoms with van der Waals surface area (Å²) < 4.78 is 1.99. The monoisotopic (exact) mass is 278 g/mol. The molecule has 0 bridgehead atoms. The van der Waals surface area contributed by atoms with E-state index in [0.717, 1.165) is 13.0 Å². The molecule has 4 nitrogen and oxygen atoms in total. The Hall–Kier alpha value is -0.870. The van der Waals surface area contributed by atoms with Crippen molar-refractivity contribution in [1.29, 1.82) is 0 Å². The van der Waals surface area contributed by atoms with E-state index in [1.165, 1.54) is 55.8 Å². The Bertz CT molecular complexity index is 418. The van der Waals surface area contributed by atoms with Crippen molar-refractivity contribution >= 4 is 0 Å². The van der Waals surface area contributed by atoms with E-state index in [9.17, 15) is 0 Å². The van der Waals surface area contributed by atoms with Crippen LogP contribution in [0.1, 0.15) is 43.1 Å². The minimum atomic E-state index is 0.601. The number of aromatic nitrogens is 2. The predicted octanol–water partition coefficient (Wildman–Crippen LogP) is 2.04. The molecular formula is C16H30N4. The van der Waals surface area contributed by atoms with Gasteiger partial charge in [0.05, 0.1) is 5.69 Å². The van der Waals surface area contributed by atoms with Crippen LogP contribution in [0.15, 0.2) is 0 Å². The molecule has 1 aliphatic rings. The van der Waals surface area contributed by atoms with Crippen molar-refractivity contribution in [1.82, 2.24) is 20.0 Å². The molecule has 0 spiro atoms. The number of hydrogen-bond acceptors (Lipinski definition) is 3. The minimum absolute atomic E-state index is 0.601. The Balaban J connectivity index is 1.65. The summed E-state index contributed by atoms with van der Waals surface area (Å²) in [6, 6.07) is 0.601. The third kappa shape index (κ3) is 4.06. The number of nitrogens with zero attached hydrogens (tertiary/aromatic N) is 3. The molecule has 1 atom stereocenters. The number of aryl methyl sites for hydroxylation is 2. The Labute approximate surface area is 123 Å². The van der Waals surface area contributed by atoms with Gasteiger partial charge in [0.1, 0.15) is 0 Å². The molecule has 0 amide bonds. The smallest absolute Gasteiger partial charge is 0.0628 e. The maximum absolute atomic E-state index is 4.48. The van der Waals surface area contributed by atoms with Gasteiger partial charge in [-0.05, 0) is 71.7 Å². The van der Waals surface area contributed by atoms with Crippen LogP contribution < -0.4 is 5.32 Å². The van der Waals surface area contributed by atoms with Crippen molar-refractivity contribution in [2.24, 2.45) is 7.05 Å². The van der Waals surface area contributed by atoms with Crippen LogP contribution in [-0.2, 0) is 13.5 Å². The first kappa shape index (κ1) is 15.5. The molecule has 0 aliphatic carbocycles. The number of nitrogens with one attached hydrogen (secondary N) is 1. The van der Waals surface area contributed by atoms with Crippen LogP contribution in [0.25, 0.3) is 0 Å². The van der Waals surface area contributed by atoms with Crippen LogP contribution in [0.3, 0.4) is 0 Å². The topological polar surface area (TPSA) is 33.1 Å². The predicted molar refractivity (Wildman–Crippen MR) is 84.1 cm³/mol. The van der Waals surface area contributed by atoms with Crippen LogP contribution in [0, 0.1) is 13.8 Å². The summed E-state index contributed by atoms with van der Waals surface area (Å²) in [4.78, 5) is 2.58. The third-order valence-electron chi connectivity index (χ3n) is 4.49. The largest absolute Gasteiger partial charge is 0.313 e. The molecule has 1 aliphatic heterocycles. The van der Waals surface area contributed by atoms with Gasteiger partial charge in [-0.1, -0.05) is 0 Å². The molecule has 4 heteroatoms. The van der Waals surface area contributed by atoms with E-state index in [4.69, 9.17) is 0 Å². The molecule has 114 valence electrons. The average molecular weight is 278 g/mol. The van der Waals surface area contributed by atoms with E-state index < -0.39 is 0 Å². The minimum Gasteiger partial charge on any atom is -0.313 e. The maximum Gasteiger partial charge on any atom is 0.0628 e. The Morgan fingerprint density at radius 2 is 1.95 bits per heavy atom. The zero-order chi connectivity index (χ0) is 14.5. The normalized spacial score (nSPS) is 17.8. The highest BCUT2D eigenvalue weighted by molar-refractivity contribution is 5.24. The van der Waals surface area contributed by atoms with Gasteiger partial charge in [-0.15, -0.1) is 0 Å². The molecule has 20 heavy (non-hydrogen) atoms. The lowest BCUT2D eigenvalue weighted by Crippen LogP contribution is -2.38. The fraction of sp³-hybridized carbons (Fsp3) is 0.812. The number of rotatable bonds is 7. The van der Waals surface area contributed by atoms with Crippen LogP contribution in [0.4, 0.5) is 0 Å². The first-order valence-corrected chi connectivity index (χ1v) is 8.02. The van der Waals surface area contributed by atoms with Gasteiger partial charge >= 0.3 is 0 Å². The third-order valence-corrected chi connectivity index (χ3v) is 4.49. The van der Waals surface area contributed by atoms with Gasteiger partial charge in [0.15, 0.2) is 0 Å². The van der Waals surface area contributed by atoms with Gasteiger partial charge in [0.2, 0.25) is 0 Å². The van der Waals surface area contributed by atoms with Crippen LogP contribution in [-0.4, -0.2) is 46.9 Å². The second-order valence-electron chi connectivity index (χ2n) is 6.24. The molecule has 1 N–H and O–H groups in total. The summed E-state index contributed by atoms with van der Waals surface area (Å²) in [6.45, 7) is 11.5. The Morgan fingerprint density at radius 3 is 2.55 bits per heavy atom. The fourth-order valence-corrected chi connectivity index (χ4v) is 3.21. The SMILES string of the molecule is Cc1nn(C)c(C)c1CCCNC(C)CN1CCCC1. The van der Waals surface area contributed by atoms with Gasteiger partial charge in [-0.2, -0.15) is 5.10 Å². The van der Waals surface area contributed by atoms with Crippen molar-refractivity contribution in [2.45, 2.75) is 52.5 Å². The molecular weight excluding hydrogens is 248 g/mol. The van der Waals surface area contributed by atoms with Crippen molar-refractivity contribution in [3.8, 4) is 0 Å². The zero-order valence-corrected chi connectivity index (χ0v) is 13.6. The van der Waals surface area contributed by atoms with Gasteiger partial charge in [0, 0.05) is 25.3 Å². The maximum atomic E-state index is 4.48. The van der Waals surface area contributed by atoms with Crippen molar-refractivity contribution in [3.63, 3.8) is 0 Å². The summed E-state index contributed by atoms with van der Waals surface area (Å²) in [5, 5.41) is 8.14. The Kier molecular flexibility index (Phi) is 5.61. The first-order chi connectivity index (χ1) is 9.58. The first-order valence-electron chi connectivity index (χ1n) is 8.02. The van der Waals surface area contributed by atoms with E-state index in [1.54, 1.807) is 0 Å². The van der Waals surface area contributed by atoms with Gasteiger partial charge in [-0.3, -0.25) is 4.68 Å².